The van der Waals surface area contributed by atoms with E-state index in [1.54, 1.807) is 0 Å². The van der Waals surface area contributed by atoms with E-state index in [1.165, 1.54) is 0 Å². The summed E-state index contributed by atoms with van der Waals surface area (Å²) in [6.45, 7) is 0. The zero-order chi connectivity index (χ0) is 8.82. The Labute approximate surface area is 69.5 Å². The lowest BCUT2D eigenvalue weighted by Gasteiger charge is -2.44. The van der Waals surface area contributed by atoms with Crippen LogP contribution in [0.2, 0.25) is 0 Å². The molecule has 0 aliphatic heterocycles. The Morgan fingerprint density at radius 2 is 1.83 bits per heavy atom. The van der Waals surface area contributed by atoms with Crippen molar-refractivity contribution in [2.45, 2.75) is 49.9 Å². The second-order valence-electron chi connectivity index (χ2n) is 3.79. The summed E-state index contributed by atoms with van der Waals surface area (Å²) in [5.74, 6) is -4.54. The normalized spacial score (nSPS) is 32.2. The summed E-state index contributed by atoms with van der Waals surface area (Å²) in [6.07, 6.45) is 1.44. The lowest BCUT2D eigenvalue weighted by Crippen LogP contribution is -2.54. The topological polar surface area (TPSA) is 29.1 Å². The first-order chi connectivity index (χ1) is 5.49. The summed E-state index contributed by atoms with van der Waals surface area (Å²) in [4.78, 5) is 0. The van der Waals surface area contributed by atoms with Crippen molar-refractivity contribution in [1.29, 1.82) is 0 Å². The highest BCUT2D eigenvalue weighted by Gasteiger charge is 2.59. The quantitative estimate of drug-likeness (QED) is 0.594. The Balaban J connectivity index is 1.80. The van der Waals surface area contributed by atoms with Gasteiger partial charge < -0.3 is 4.74 Å². The molecule has 0 aromatic heterocycles. The molecule has 2 rings (SSSR count). The van der Waals surface area contributed by atoms with Gasteiger partial charge in [-0.1, -0.05) is 0 Å². The molecule has 2 saturated carbocycles. The minimum Gasteiger partial charge on any atom is -0.344 e. The zero-order valence-corrected chi connectivity index (χ0v) is 6.69. The number of hydrogen-bond acceptors (Lipinski definition) is 1. The van der Waals surface area contributed by atoms with Crippen LogP contribution >= 0.6 is 0 Å². The largest absolute Gasteiger partial charge is 0.344 e. The number of ether oxygens (including phenoxy) is 1. The van der Waals surface area contributed by atoms with Gasteiger partial charge in [0.2, 0.25) is 5.79 Å². The van der Waals surface area contributed by atoms with E-state index in [4.69, 9.17) is 4.74 Å². The summed E-state index contributed by atoms with van der Waals surface area (Å²) in [7, 11) is 0. The van der Waals surface area contributed by atoms with Crippen molar-refractivity contribution in [1.82, 2.24) is 0 Å². The summed E-state index contributed by atoms with van der Waals surface area (Å²) >= 11 is 0. The Morgan fingerprint density at radius 1 is 1.25 bits per heavy atom. The highest BCUT2D eigenvalue weighted by atomic mass is 19.3. The van der Waals surface area contributed by atoms with E-state index in [0.29, 0.717) is 0 Å². The van der Waals surface area contributed by atoms with E-state index in [-0.39, 0.29) is 6.10 Å². The van der Waals surface area contributed by atoms with Gasteiger partial charge in [-0.3, -0.25) is 0 Å². The molecule has 2 aliphatic rings. The lowest BCUT2D eigenvalue weighted by atomic mass is 9.85. The second kappa shape index (κ2) is 2.39. The third-order valence-electron chi connectivity index (χ3n) is 2.49. The van der Waals surface area contributed by atoms with Gasteiger partial charge >= 0.3 is 0 Å². The maximum Gasteiger partial charge on any atom is 0.258 e. The molecule has 69 valence electrons. The molecule has 0 spiro atoms. The highest BCUT2D eigenvalue weighted by molar-refractivity contribution is 4.94. The molecule has 0 bridgehead atoms. The fourth-order valence-electron chi connectivity index (χ4n) is 1.61. The van der Waals surface area contributed by atoms with E-state index in [2.05, 4.69) is 0 Å². The first-order valence-corrected chi connectivity index (χ1v) is 4.25. The number of hydrogen-bond donors (Lipinski definition) is 0. The first-order valence-electron chi connectivity index (χ1n) is 4.25. The van der Waals surface area contributed by atoms with Crippen LogP contribution in [0.25, 0.3) is 0 Å². The molecule has 2 aliphatic carbocycles. The van der Waals surface area contributed by atoms with E-state index in [9.17, 15) is 13.9 Å². The van der Waals surface area contributed by atoms with Gasteiger partial charge in [-0.2, -0.15) is 5.11 Å². The van der Waals surface area contributed by atoms with Gasteiger partial charge in [-0.15, -0.1) is 0 Å². The molecule has 0 unspecified atom stereocenters. The first kappa shape index (κ1) is 8.38. The van der Waals surface area contributed by atoms with Crippen LogP contribution in [0, 0.1) is 0 Å². The van der Waals surface area contributed by atoms with Crippen molar-refractivity contribution in [3.63, 3.8) is 0 Å². The second-order valence-corrected chi connectivity index (χ2v) is 3.79. The van der Waals surface area contributed by atoms with Crippen LogP contribution in [-0.4, -0.2) is 17.8 Å². The Morgan fingerprint density at radius 3 is 2.17 bits per heavy atom. The average molecular weight is 177 g/mol. The molecule has 0 saturated heterocycles. The van der Waals surface area contributed by atoms with Crippen molar-refractivity contribution in [3.05, 3.63) is 0 Å². The lowest BCUT2D eigenvalue weighted by molar-refractivity contribution is -0.369. The molecule has 2 nitrogen and oxygen atoms in total. The molecule has 4 heteroatoms. The molecular formula is C8H11F2O2. The number of halogens is 2. The van der Waals surface area contributed by atoms with Crippen LogP contribution in [0.1, 0.15) is 32.1 Å². The van der Waals surface area contributed by atoms with Crippen molar-refractivity contribution in [3.8, 4) is 0 Å². The Kier molecular flexibility index (Phi) is 1.67. The monoisotopic (exact) mass is 177 g/mol. The molecule has 0 atom stereocenters. The Bertz CT molecular complexity index is 181. The van der Waals surface area contributed by atoms with Crippen LogP contribution in [-0.2, 0) is 9.84 Å². The molecule has 1 radical (unpaired) electrons. The van der Waals surface area contributed by atoms with Crippen molar-refractivity contribution in [2.75, 3.05) is 0 Å². The molecule has 12 heavy (non-hydrogen) atoms. The predicted octanol–water partition coefficient (Wildman–Crippen LogP) is 2.11. The van der Waals surface area contributed by atoms with Crippen LogP contribution in [0.15, 0.2) is 0 Å². The van der Waals surface area contributed by atoms with Gasteiger partial charge in [0.1, 0.15) is 0 Å². The summed E-state index contributed by atoms with van der Waals surface area (Å²) in [6, 6.07) is 0. The van der Waals surface area contributed by atoms with E-state index < -0.39 is 24.6 Å². The van der Waals surface area contributed by atoms with Crippen LogP contribution in [0.5, 0.6) is 0 Å². The van der Waals surface area contributed by atoms with Gasteiger partial charge in [0.05, 0.1) is 18.9 Å². The van der Waals surface area contributed by atoms with Crippen LogP contribution < -0.4 is 0 Å². The van der Waals surface area contributed by atoms with Gasteiger partial charge in [-0.25, -0.2) is 8.78 Å². The molecule has 0 N–H and O–H groups in total. The molecule has 0 aromatic carbocycles. The van der Waals surface area contributed by atoms with Crippen LogP contribution in [0.4, 0.5) is 8.78 Å². The summed E-state index contributed by atoms with van der Waals surface area (Å²) in [5.41, 5.74) is 0. The van der Waals surface area contributed by atoms with Crippen LogP contribution in [0.3, 0.4) is 0 Å². The smallest absolute Gasteiger partial charge is 0.258 e. The third kappa shape index (κ3) is 1.45. The standard InChI is InChI=1S/C8H11F2O2/c9-7(10)4-8(11,5-7)12-6-2-1-3-6/h6H,1-5H2. The summed E-state index contributed by atoms with van der Waals surface area (Å²) < 4.78 is 29.7. The van der Waals surface area contributed by atoms with E-state index in [0.717, 1.165) is 19.3 Å². The van der Waals surface area contributed by atoms with Crippen molar-refractivity contribution < 1.29 is 18.6 Å². The van der Waals surface area contributed by atoms with Crippen molar-refractivity contribution in [2.24, 2.45) is 0 Å². The van der Waals surface area contributed by atoms with E-state index in [1.807, 2.05) is 0 Å². The Hall–Kier alpha value is -0.220. The molecule has 0 amide bonds. The molecule has 0 aromatic rings. The SMILES string of the molecule is [O]C1(OC2CCC2)CC(F)(F)C1. The predicted molar refractivity (Wildman–Crippen MR) is 36.3 cm³/mol. The molecule has 0 heterocycles. The van der Waals surface area contributed by atoms with Gasteiger partial charge in [-0.05, 0) is 19.3 Å². The fourth-order valence-corrected chi connectivity index (χ4v) is 1.61. The minimum atomic E-state index is -2.77. The van der Waals surface area contributed by atoms with Gasteiger partial charge in [0.15, 0.2) is 0 Å². The number of rotatable bonds is 2. The molecular weight excluding hydrogens is 166 g/mol. The fraction of sp³-hybridized carbons (Fsp3) is 1.00. The average Bonchev–Trinajstić information content (AvgIpc) is 1.74. The maximum atomic E-state index is 12.3. The van der Waals surface area contributed by atoms with E-state index >= 15 is 0 Å². The molecule has 2 fully saturated rings. The summed E-state index contributed by atoms with van der Waals surface area (Å²) in [5, 5.41) is 11.3. The zero-order valence-electron chi connectivity index (χ0n) is 6.69. The third-order valence-corrected chi connectivity index (χ3v) is 2.49. The van der Waals surface area contributed by atoms with Gasteiger partial charge in [0.25, 0.3) is 5.92 Å². The number of alkyl halides is 2. The highest BCUT2D eigenvalue weighted by Crippen LogP contribution is 2.48. The maximum absolute atomic E-state index is 12.3. The van der Waals surface area contributed by atoms with Crippen molar-refractivity contribution >= 4 is 0 Å². The van der Waals surface area contributed by atoms with Gasteiger partial charge in [0, 0.05) is 0 Å². The minimum absolute atomic E-state index is 0.0430.